The Kier molecular flexibility index (Phi) is 6.72. The second kappa shape index (κ2) is 9.67. The molecule has 0 saturated heterocycles. The maximum Gasteiger partial charge on any atom is 0.359 e. The van der Waals surface area contributed by atoms with Crippen molar-refractivity contribution < 1.29 is 9.53 Å². The van der Waals surface area contributed by atoms with E-state index in [0.29, 0.717) is 16.5 Å². The molecule has 4 aromatic rings. The fourth-order valence-corrected chi connectivity index (χ4v) is 4.31. The van der Waals surface area contributed by atoms with Crippen molar-refractivity contribution in [3.05, 3.63) is 71.4 Å². The van der Waals surface area contributed by atoms with Crippen LogP contribution < -0.4 is 0 Å². The predicted octanol–water partition coefficient (Wildman–Crippen LogP) is 5.97. The molecule has 164 valence electrons. The number of para-hydroxylation sites is 1. The van der Waals surface area contributed by atoms with Crippen molar-refractivity contribution in [3.8, 4) is 27.8 Å². The third kappa shape index (κ3) is 4.61. The molecule has 0 spiro atoms. The molecule has 32 heavy (non-hydrogen) atoms. The summed E-state index contributed by atoms with van der Waals surface area (Å²) in [6.07, 6.45) is 1.88. The standard InChI is InChI=1S/C24H24N4O2S2/c1-15(2)18-10-5-6-11-20(18)28-21(13-19(26-28)24(29)30-14-31-4)23-25-22(27-32-23)17-9-7-8-16(3)12-17/h5-13,15H,14H2,1-4H3. The lowest BCUT2D eigenvalue weighted by Crippen LogP contribution is -2.08. The molecular formula is C24H24N4O2S2. The number of carbonyl (C=O) groups is 1. The van der Waals surface area contributed by atoms with Crippen molar-refractivity contribution in [2.75, 3.05) is 12.2 Å². The second-order valence-corrected chi connectivity index (χ2v) is 9.24. The first kappa shape index (κ1) is 22.2. The molecule has 0 aliphatic carbocycles. The zero-order valence-corrected chi connectivity index (χ0v) is 20.0. The van der Waals surface area contributed by atoms with Gasteiger partial charge in [-0.3, -0.25) is 0 Å². The maximum atomic E-state index is 12.6. The number of nitrogens with zero attached hydrogens (tertiary/aromatic N) is 4. The van der Waals surface area contributed by atoms with Gasteiger partial charge in [0.05, 0.1) is 5.69 Å². The van der Waals surface area contributed by atoms with Crippen molar-refractivity contribution in [1.29, 1.82) is 0 Å². The molecule has 0 radical (unpaired) electrons. The molecule has 0 aliphatic heterocycles. The maximum absolute atomic E-state index is 12.6. The number of aromatic nitrogens is 4. The smallest absolute Gasteiger partial charge is 0.359 e. The quantitative estimate of drug-likeness (QED) is 0.248. The molecule has 0 N–H and O–H groups in total. The van der Waals surface area contributed by atoms with Gasteiger partial charge in [-0.2, -0.15) is 9.47 Å². The van der Waals surface area contributed by atoms with Crippen molar-refractivity contribution in [2.45, 2.75) is 26.7 Å². The first-order valence-electron chi connectivity index (χ1n) is 10.2. The highest BCUT2D eigenvalue weighted by Crippen LogP contribution is 2.31. The van der Waals surface area contributed by atoms with Crippen LogP contribution in [-0.2, 0) is 4.74 Å². The third-order valence-corrected chi connectivity index (χ3v) is 6.03. The van der Waals surface area contributed by atoms with Gasteiger partial charge in [0.25, 0.3) is 0 Å². The zero-order chi connectivity index (χ0) is 22.7. The monoisotopic (exact) mass is 464 g/mol. The summed E-state index contributed by atoms with van der Waals surface area (Å²) in [6.45, 7) is 6.31. The van der Waals surface area contributed by atoms with Crippen LogP contribution >= 0.6 is 23.3 Å². The summed E-state index contributed by atoms with van der Waals surface area (Å²) < 4.78 is 11.7. The number of hydrogen-bond donors (Lipinski definition) is 0. The van der Waals surface area contributed by atoms with Gasteiger partial charge < -0.3 is 4.74 Å². The lowest BCUT2D eigenvalue weighted by Gasteiger charge is -2.14. The summed E-state index contributed by atoms with van der Waals surface area (Å²) in [7, 11) is 0. The minimum atomic E-state index is -0.454. The predicted molar refractivity (Wildman–Crippen MR) is 131 cm³/mol. The molecule has 8 heteroatoms. The molecule has 2 aromatic carbocycles. The number of esters is 1. The number of ether oxygens (including phenoxy) is 1. The normalized spacial score (nSPS) is 11.2. The van der Waals surface area contributed by atoms with E-state index >= 15 is 0 Å². The second-order valence-electron chi connectivity index (χ2n) is 7.67. The van der Waals surface area contributed by atoms with Crippen molar-refractivity contribution in [2.24, 2.45) is 0 Å². The van der Waals surface area contributed by atoms with E-state index in [1.165, 1.54) is 23.3 Å². The van der Waals surface area contributed by atoms with Crippen LogP contribution in [0.2, 0.25) is 0 Å². The minimum Gasteiger partial charge on any atom is -0.450 e. The third-order valence-electron chi connectivity index (χ3n) is 4.93. The van der Waals surface area contributed by atoms with Crippen molar-refractivity contribution in [3.63, 3.8) is 0 Å². The SMILES string of the molecule is CSCOC(=O)c1cc(-c2nc(-c3cccc(C)c3)ns2)n(-c2ccccc2C(C)C)n1. The van der Waals surface area contributed by atoms with Gasteiger partial charge in [0.1, 0.15) is 11.6 Å². The lowest BCUT2D eigenvalue weighted by molar-refractivity contribution is 0.0572. The van der Waals surface area contributed by atoms with E-state index in [1.807, 2.05) is 49.6 Å². The van der Waals surface area contributed by atoms with Crippen LogP contribution in [0.5, 0.6) is 0 Å². The van der Waals surface area contributed by atoms with Crippen LogP contribution in [0.15, 0.2) is 54.6 Å². The van der Waals surface area contributed by atoms with Crippen LogP contribution in [-0.4, -0.2) is 37.3 Å². The average molecular weight is 465 g/mol. The highest BCUT2D eigenvalue weighted by molar-refractivity contribution is 7.98. The van der Waals surface area contributed by atoms with E-state index in [0.717, 1.165) is 22.4 Å². The van der Waals surface area contributed by atoms with E-state index in [4.69, 9.17) is 9.72 Å². The Hall–Kier alpha value is -2.97. The molecule has 0 aliphatic rings. The topological polar surface area (TPSA) is 69.9 Å². The first-order chi connectivity index (χ1) is 15.5. The van der Waals surface area contributed by atoms with Gasteiger partial charge in [-0.1, -0.05) is 55.8 Å². The summed E-state index contributed by atoms with van der Waals surface area (Å²) in [5, 5.41) is 5.31. The Morgan fingerprint density at radius 2 is 1.97 bits per heavy atom. The number of benzene rings is 2. The highest BCUT2D eigenvalue weighted by atomic mass is 32.2. The molecule has 0 atom stereocenters. The van der Waals surface area contributed by atoms with E-state index in [-0.39, 0.29) is 17.6 Å². The fraction of sp³-hybridized carbons (Fsp3) is 0.250. The number of hydrogen-bond acceptors (Lipinski definition) is 7. The zero-order valence-electron chi connectivity index (χ0n) is 18.4. The van der Waals surface area contributed by atoms with Gasteiger partial charge in [0.2, 0.25) is 0 Å². The Bertz CT molecular complexity index is 1250. The largest absolute Gasteiger partial charge is 0.450 e. The number of aryl methyl sites for hydroxylation is 1. The van der Waals surface area contributed by atoms with E-state index in [2.05, 4.69) is 35.5 Å². The number of thioether (sulfide) groups is 1. The first-order valence-corrected chi connectivity index (χ1v) is 12.4. The van der Waals surface area contributed by atoms with Gasteiger partial charge in [-0.25, -0.2) is 14.5 Å². The van der Waals surface area contributed by atoms with Crippen LogP contribution in [0.4, 0.5) is 0 Å². The highest BCUT2D eigenvalue weighted by Gasteiger charge is 2.22. The van der Waals surface area contributed by atoms with Crippen molar-refractivity contribution >= 4 is 29.3 Å². The fourth-order valence-electron chi connectivity index (χ4n) is 3.40. The van der Waals surface area contributed by atoms with Crippen LogP contribution in [0.25, 0.3) is 27.8 Å². The molecule has 2 heterocycles. The summed E-state index contributed by atoms with van der Waals surface area (Å²) in [4.78, 5) is 17.3. The molecule has 0 amide bonds. The number of rotatable bonds is 7. The Morgan fingerprint density at radius 3 is 2.72 bits per heavy atom. The lowest BCUT2D eigenvalue weighted by atomic mass is 10.0. The Labute approximate surface area is 195 Å². The molecular weight excluding hydrogens is 440 g/mol. The van der Waals surface area contributed by atoms with Crippen LogP contribution in [0.1, 0.15) is 41.4 Å². The Morgan fingerprint density at radius 1 is 1.16 bits per heavy atom. The van der Waals surface area contributed by atoms with E-state index in [9.17, 15) is 4.79 Å². The molecule has 4 rings (SSSR count). The number of carbonyl (C=O) groups excluding carboxylic acids is 1. The molecule has 2 aromatic heterocycles. The molecule has 0 fully saturated rings. The molecule has 0 saturated carbocycles. The summed E-state index contributed by atoms with van der Waals surface area (Å²) in [6, 6.07) is 17.9. The summed E-state index contributed by atoms with van der Waals surface area (Å²) in [5.74, 6) is 0.766. The Balaban J connectivity index is 1.83. The van der Waals surface area contributed by atoms with Crippen molar-refractivity contribution in [1.82, 2.24) is 19.1 Å². The van der Waals surface area contributed by atoms with Gasteiger partial charge in [-0.15, -0.1) is 11.8 Å². The molecule has 6 nitrogen and oxygen atoms in total. The molecule has 0 unspecified atom stereocenters. The van der Waals surface area contributed by atoms with Gasteiger partial charge in [-0.05, 0) is 48.3 Å². The molecule has 0 bridgehead atoms. The minimum absolute atomic E-state index is 0.250. The van der Waals surface area contributed by atoms with E-state index in [1.54, 1.807) is 10.7 Å². The summed E-state index contributed by atoms with van der Waals surface area (Å²) in [5.41, 5.74) is 5.11. The van der Waals surface area contributed by atoms with Gasteiger partial charge >= 0.3 is 5.97 Å². The van der Waals surface area contributed by atoms with E-state index < -0.39 is 5.97 Å². The van der Waals surface area contributed by atoms with Crippen LogP contribution in [0, 0.1) is 6.92 Å². The summed E-state index contributed by atoms with van der Waals surface area (Å²) >= 11 is 2.73. The van der Waals surface area contributed by atoms with Gasteiger partial charge in [0.15, 0.2) is 16.5 Å². The van der Waals surface area contributed by atoms with Crippen LogP contribution in [0.3, 0.4) is 0 Å². The average Bonchev–Trinajstić information content (AvgIpc) is 3.45. The van der Waals surface area contributed by atoms with Gasteiger partial charge in [0, 0.05) is 11.6 Å².